The van der Waals surface area contributed by atoms with Crippen molar-refractivity contribution in [2.24, 2.45) is 0 Å². The first kappa shape index (κ1) is 21.9. The molecule has 0 aliphatic carbocycles. The number of rotatable bonds is 8. The van der Waals surface area contributed by atoms with Crippen LogP contribution in [0.1, 0.15) is 31.1 Å². The third-order valence-corrected chi connectivity index (χ3v) is 5.76. The Labute approximate surface area is 178 Å². The van der Waals surface area contributed by atoms with E-state index in [1.807, 2.05) is 0 Å². The van der Waals surface area contributed by atoms with E-state index in [2.05, 4.69) is 10.0 Å². The molecular formula is C22H18N2O6S. The van der Waals surface area contributed by atoms with Gasteiger partial charge in [-0.3, -0.25) is 9.59 Å². The Balaban J connectivity index is 1.67. The summed E-state index contributed by atoms with van der Waals surface area (Å²) in [7, 11) is -3.94. The maximum absolute atomic E-state index is 12.4. The van der Waals surface area contributed by atoms with E-state index in [0.29, 0.717) is 5.56 Å². The second-order valence-electron chi connectivity index (χ2n) is 6.44. The average Bonchev–Trinajstić information content (AvgIpc) is 2.78. The van der Waals surface area contributed by atoms with E-state index < -0.39 is 28.4 Å². The molecule has 0 aromatic heterocycles. The molecule has 0 atom stereocenters. The number of carboxylic acid groups (broad SMARTS) is 1. The second kappa shape index (κ2) is 9.33. The number of carbonyl (C=O) groups is 3. The maximum atomic E-state index is 12.4. The van der Waals surface area contributed by atoms with Crippen molar-refractivity contribution in [3.8, 4) is 0 Å². The van der Waals surface area contributed by atoms with Crippen LogP contribution in [0.15, 0.2) is 83.8 Å². The molecule has 3 N–H and O–H groups in total. The van der Waals surface area contributed by atoms with Gasteiger partial charge in [0.15, 0.2) is 5.78 Å². The second-order valence-corrected chi connectivity index (χ2v) is 8.21. The lowest BCUT2D eigenvalue weighted by molar-refractivity contribution is 0.0692. The Hall–Kier alpha value is -3.82. The van der Waals surface area contributed by atoms with Gasteiger partial charge in [-0.05, 0) is 36.4 Å². The molecule has 0 fully saturated rings. The predicted octanol–water partition coefficient (Wildman–Crippen LogP) is 2.80. The van der Waals surface area contributed by atoms with Crippen LogP contribution in [0, 0.1) is 0 Å². The zero-order chi connectivity index (χ0) is 22.4. The van der Waals surface area contributed by atoms with Crippen LogP contribution in [0.5, 0.6) is 0 Å². The number of carboxylic acids is 1. The Kier molecular flexibility index (Phi) is 6.58. The van der Waals surface area contributed by atoms with E-state index in [9.17, 15) is 27.9 Å². The van der Waals surface area contributed by atoms with Crippen LogP contribution in [0.4, 0.5) is 5.69 Å². The molecule has 0 saturated carbocycles. The Morgan fingerprint density at radius 3 is 1.97 bits per heavy atom. The van der Waals surface area contributed by atoms with Gasteiger partial charge < -0.3 is 10.4 Å². The van der Waals surface area contributed by atoms with Crippen molar-refractivity contribution in [2.45, 2.75) is 4.90 Å². The SMILES string of the molecule is O=C(CNS(=O)(=O)c1ccc(NC(=O)c2ccccc2C(=O)O)cc1)c1ccccc1. The average molecular weight is 438 g/mol. The van der Waals surface area contributed by atoms with Crippen LogP contribution in [-0.2, 0) is 10.0 Å². The summed E-state index contributed by atoms with van der Waals surface area (Å²) in [5.74, 6) is -2.24. The Bertz CT molecular complexity index is 1220. The quantitative estimate of drug-likeness (QED) is 0.464. The van der Waals surface area contributed by atoms with E-state index in [4.69, 9.17) is 0 Å². The summed E-state index contributed by atoms with van der Waals surface area (Å²) in [5.41, 5.74) is 0.508. The number of hydrogen-bond acceptors (Lipinski definition) is 5. The molecule has 0 aliphatic rings. The molecule has 0 aliphatic heterocycles. The number of aromatic carboxylic acids is 1. The molecule has 3 aromatic carbocycles. The summed E-state index contributed by atoms with van der Waals surface area (Å²) in [6.07, 6.45) is 0. The molecule has 31 heavy (non-hydrogen) atoms. The number of sulfonamides is 1. The van der Waals surface area contributed by atoms with Crippen molar-refractivity contribution in [3.05, 3.63) is 95.6 Å². The molecule has 0 unspecified atom stereocenters. The minimum absolute atomic E-state index is 0.0206. The monoisotopic (exact) mass is 438 g/mol. The van der Waals surface area contributed by atoms with Crippen LogP contribution >= 0.6 is 0 Å². The highest BCUT2D eigenvalue weighted by Gasteiger charge is 2.18. The van der Waals surface area contributed by atoms with Crippen LogP contribution in [0.2, 0.25) is 0 Å². The molecule has 9 heteroatoms. The first-order valence-corrected chi connectivity index (χ1v) is 10.6. The number of anilines is 1. The van der Waals surface area contributed by atoms with Crippen molar-refractivity contribution >= 4 is 33.4 Å². The zero-order valence-corrected chi connectivity index (χ0v) is 16.9. The van der Waals surface area contributed by atoms with Crippen molar-refractivity contribution in [3.63, 3.8) is 0 Å². The Morgan fingerprint density at radius 2 is 1.35 bits per heavy atom. The number of benzene rings is 3. The van der Waals surface area contributed by atoms with Gasteiger partial charge in [0.25, 0.3) is 5.91 Å². The third kappa shape index (κ3) is 5.41. The molecule has 0 heterocycles. The molecule has 1 amide bonds. The highest BCUT2D eigenvalue weighted by molar-refractivity contribution is 7.89. The van der Waals surface area contributed by atoms with Gasteiger partial charge in [-0.1, -0.05) is 42.5 Å². The zero-order valence-electron chi connectivity index (χ0n) is 16.1. The number of nitrogens with one attached hydrogen (secondary N) is 2. The fourth-order valence-corrected chi connectivity index (χ4v) is 3.74. The first-order valence-electron chi connectivity index (χ1n) is 9.09. The van der Waals surface area contributed by atoms with E-state index in [0.717, 1.165) is 0 Å². The molecular weight excluding hydrogens is 420 g/mol. The summed E-state index contributed by atoms with van der Waals surface area (Å²) in [6.45, 7) is -0.392. The van der Waals surface area contributed by atoms with Gasteiger partial charge in [-0.15, -0.1) is 0 Å². The standard InChI is InChI=1S/C22H18N2O6S/c25-20(15-6-2-1-3-7-15)14-23-31(29,30)17-12-10-16(11-13-17)24-21(26)18-8-4-5-9-19(18)22(27)28/h1-13,23H,14H2,(H,24,26)(H,27,28). The highest BCUT2D eigenvalue weighted by Crippen LogP contribution is 2.16. The molecule has 8 nitrogen and oxygen atoms in total. The van der Waals surface area contributed by atoms with Crippen molar-refractivity contribution < 1.29 is 27.9 Å². The maximum Gasteiger partial charge on any atom is 0.336 e. The normalized spacial score (nSPS) is 11.0. The van der Waals surface area contributed by atoms with Crippen LogP contribution in [0.25, 0.3) is 0 Å². The Morgan fingerprint density at radius 1 is 0.774 bits per heavy atom. The number of hydrogen-bond donors (Lipinski definition) is 3. The summed E-state index contributed by atoms with van der Waals surface area (Å²) in [4.78, 5) is 35.7. The fourth-order valence-electron chi connectivity index (χ4n) is 2.75. The van der Waals surface area contributed by atoms with Gasteiger partial charge in [0.2, 0.25) is 10.0 Å². The van der Waals surface area contributed by atoms with Crippen molar-refractivity contribution in [1.82, 2.24) is 4.72 Å². The lowest BCUT2D eigenvalue weighted by atomic mass is 10.1. The topological polar surface area (TPSA) is 130 Å². The number of Topliss-reactive ketones (excluding diaryl/α,β-unsaturated/α-hetero) is 1. The predicted molar refractivity (Wildman–Crippen MR) is 114 cm³/mol. The van der Waals surface area contributed by atoms with Crippen LogP contribution in [-0.4, -0.2) is 37.7 Å². The van der Waals surface area contributed by atoms with Crippen molar-refractivity contribution in [1.29, 1.82) is 0 Å². The molecule has 0 radical (unpaired) electrons. The molecule has 0 bridgehead atoms. The summed E-state index contributed by atoms with van der Waals surface area (Å²) in [6, 6.07) is 19.3. The minimum Gasteiger partial charge on any atom is -0.478 e. The summed E-state index contributed by atoms with van der Waals surface area (Å²) < 4.78 is 27.1. The van der Waals surface area contributed by atoms with Gasteiger partial charge in [-0.2, -0.15) is 0 Å². The number of carbonyl (C=O) groups excluding carboxylic acids is 2. The van der Waals surface area contributed by atoms with E-state index in [1.54, 1.807) is 36.4 Å². The van der Waals surface area contributed by atoms with Gasteiger partial charge >= 0.3 is 5.97 Å². The fraction of sp³-hybridized carbons (Fsp3) is 0.0455. The molecule has 3 aromatic rings. The van der Waals surface area contributed by atoms with Gasteiger partial charge in [0, 0.05) is 11.3 Å². The summed E-state index contributed by atoms with van der Waals surface area (Å²) >= 11 is 0. The van der Waals surface area contributed by atoms with Gasteiger partial charge in [0.1, 0.15) is 0 Å². The minimum atomic E-state index is -3.94. The van der Waals surface area contributed by atoms with Gasteiger partial charge in [0.05, 0.1) is 22.6 Å². The highest BCUT2D eigenvalue weighted by atomic mass is 32.2. The number of ketones is 1. The lowest BCUT2D eigenvalue weighted by Crippen LogP contribution is -2.29. The smallest absolute Gasteiger partial charge is 0.336 e. The van der Waals surface area contributed by atoms with E-state index in [-0.39, 0.29) is 27.5 Å². The largest absolute Gasteiger partial charge is 0.478 e. The summed E-state index contributed by atoms with van der Waals surface area (Å²) in [5, 5.41) is 11.7. The lowest BCUT2D eigenvalue weighted by Gasteiger charge is -2.09. The molecule has 0 saturated heterocycles. The van der Waals surface area contributed by atoms with Crippen LogP contribution in [0.3, 0.4) is 0 Å². The third-order valence-electron chi connectivity index (χ3n) is 4.34. The van der Waals surface area contributed by atoms with Gasteiger partial charge in [-0.25, -0.2) is 17.9 Å². The molecule has 3 rings (SSSR count). The van der Waals surface area contributed by atoms with Crippen molar-refractivity contribution in [2.75, 3.05) is 11.9 Å². The molecule has 0 spiro atoms. The number of amides is 1. The van der Waals surface area contributed by atoms with E-state index in [1.165, 1.54) is 42.5 Å². The van der Waals surface area contributed by atoms with E-state index >= 15 is 0 Å². The first-order chi connectivity index (χ1) is 14.8. The molecule has 158 valence electrons. The van der Waals surface area contributed by atoms with Crippen LogP contribution < -0.4 is 10.0 Å².